The summed E-state index contributed by atoms with van der Waals surface area (Å²) in [4.78, 5) is 2.81. The van der Waals surface area contributed by atoms with E-state index in [0.29, 0.717) is 11.8 Å². The lowest BCUT2D eigenvalue weighted by atomic mass is 10.2. The number of nitrogens with one attached hydrogen (secondary N) is 1. The Hall–Kier alpha value is -1.32. The molecule has 0 aliphatic rings. The molecule has 18 heavy (non-hydrogen) atoms. The van der Waals surface area contributed by atoms with Crippen LogP contribution >= 0.6 is 11.3 Å². The molecule has 0 fully saturated rings. The van der Waals surface area contributed by atoms with Gasteiger partial charge in [0.25, 0.3) is 0 Å². The second-order valence-corrected chi connectivity index (χ2v) is 5.63. The molecule has 1 heterocycles. The smallest absolute Gasteiger partial charge is 0.115 e. The number of thiophene rings is 1. The summed E-state index contributed by atoms with van der Waals surface area (Å²) < 4.78 is 0. The van der Waals surface area contributed by atoms with E-state index in [2.05, 4.69) is 31.3 Å². The highest BCUT2D eigenvalue weighted by Gasteiger charge is 2.07. The SMILES string of the molecule is CCc1ccc(C(C)NCc2ccc(O)cc2)s1. The molecule has 1 atom stereocenters. The Morgan fingerprint density at radius 1 is 1.17 bits per heavy atom. The summed E-state index contributed by atoms with van der Waals surface area (Å²) in [5.74, 6) is 0.317. The molecule has 0 saturated heterocycles. The van der Waals surface area contributed by atoms with Crippen LogP contribution in [0.1, 0.15) is 35.2 Å². The van der Waals surface area contributed by atoms with Gasteiger partial charge in [0.2, 0.25) is 0 Å². The van der Waals surface area contributed by atoms with E-state index in [4.69, 9.17) is 0 Å². The molecule has 0 amide bonds. The van der Waals surface area contributed by atoms with Gasteiger partial charge in [0.15, 0.2) is 0 Å². The third-order valence-corrected chi connectivity index (χ3v) is 4.42. The molecule has 1 unspecified atom stereocenters. The van der Waals surface area contributed by atoms with Crippen LogP contribution in [0, 0.1) is 0 Å². The fourth-order valence-electron chi connectivity index (χ4n) is 1.80. The highest BCUT2D eigenvalue weighted by Crippen LogP contribution is 2.23. The number of phenols is 1. The lowest BCUT2D eigenvalue weighted by Gasteiger charge is -2.12. The molecular weight excluding hydrogens is 242 g/mol. The monoisotopic (exact) mass is 261 g/mol. The Kier molecular flexibility index (Phi) is 4.39. The van der Waals surface area contributed by atoms with Crippen LogP contribution in [-0.2, 0) is 13.0 Å². The van der Waals surface area contributed by atoms with Gasteiger partial charge in [0.05, 0.1) is 0 Å². The number of hydrogen-bond acceptors (Lipinski definition) is 3. The van der Waals surface area contributed by atoms with Gasteiger partial charge in [-0.05, 0) is 43.2 Å². The van der Waals surface area contributed by atoms with E-state index in [0.717, 1.165) is 13.0 Å². The van der Waals surface area contributed by atoms with Crippen molar-refractivity contribution in [3.8, 4) is 5.75 Å². The second kappa shape index (κ2) is 6.03. The first kappa shape index (κ1) is 13.1. The average Bonchev–Trinajstić information content (AvgIpc) is 2.86. The lowest BCUT2D eigenvalue weighted by molar-refractivity contribution is 0.475. The summed E-state index contributed by atoms with van der Waals surface area (Å²) >= 11 is 1.88. The maximum Gasteiger partial charge on any atom is 0.115 e. The summed E-state index contributed by atoms with van der Waals surface area (Å²) in [5.41, 5.74) is 1.19. The van der Waals surface area contributed by atoms with Crippen LogP contribution in [0.5, 0.6) is 5.75 Å². The number of phenolic OH excluding ortho intramolecular Hbond substituents is 1. The Labute approximate surface area is 112 Å². The fraction of sp³-hybridized carbons (Fsp3) is 0.333. The molecule has 0 spiro atoms. The van der Waals surface area contributed by atoms with Crippen LogP contribution in [0.3, 0.4) is 0 Å². The van der Waals surface area contributed by atoms with E-state index in [1.54, 1.807) is 12.1 Å². The predicted octanol–water partition coefficient (Wildman–Crippen LogP) is 3.87. The lowest BCUT2D eigenvalue weighted by Crippen LogP contribution is -2.16. The van der Waals surface area contributed by atoms with Crippen molar-refractivity contribution in [2.45, 2.75) is 32.9 Å². The van der Waals surface area contributed by atoms with E-state index < -0.39 is 0 Å². The minimum atomic E-state index is 0.317. The minimum absolute atomic E-state index is 0.317. The Bertz CT molecular complexity index is 489. The van der Waals surface area contributed by atoms with Gasteiger partial charge in [-0.25, -0.2) is 0 Å². The summed E-state index contributed by atoms with van der Waals surface area (Å²) in [7, 11) is 0. The van der Waals surface area contributed by atoms with Gasteiger partial charge in [-0.3, -0.25) is 0 Å². The van der Waals surface area contributed by atoms with Gasteiger partial charge >= 0.3 is 0 Å². The summed E-state index contributed by atoms with van der Waals surface area (Å²) in [6.07, 6.45) is 1.11. The first-order chi connectivity index (χ1) is 8.69. The first-order valence-electron chi connectivity index (χ1n) is 6.29. The third kappa shape index (κ3) is 3.34. The molecule has 3 heteroatoms. The van der Waals surface area contributed by atoms with Crippen LogP contribution in [0.2, 0.25) is 0 Å². The number of aromatic hydroxyl groups is 1. The molecule has 1 aromatic carbocycles. The Morgan fingerprint density at radius 2 is 1.89 bits per heavy atom. The minimum Gasteiger partial charge on any atom is -0.508 e. The van der Waals surface area contributed by atoms with Gasteiger partial charge in [-0.1, -0.05) is 19.1 Å². The van der Waals surface area contributed by atoms with Gasteiger partial charge in [-0.15, -0.1) is 11.3 Å². The Morgan fingerprint density at radius 3 is 2.50 bits per heavy atom. The van der Waals surface area contributed by atoms with Gasteiger partial charge in [-0.2, -0.15) is 0 Å². The molecule has 2 nitrogen and oxygen atoms in total. The normalized spacial score (nSPS) is 12.6. The summed E-state index contributed by atoms with van der Waals surface area (Å²) in [6.45, 7) is 5.19. The Balaban J connectivity index is 1.91. The molecule has 2 N–H and O–H groups in total. The van der Waals surface area contributed by atoms with Crippen molar-refractivity contribution in [2.75, 3.05) is 0 Å². The maximum absolute atomic E-state index is 9.22. The topological polar surface area (TPSA) is 32.3 Å². The molecule has 0 radical (unpaired) electrons. The fourth-order valence-corrected chi connectivity index (χ4v) is 2.78. The van der Waals surface area contributed by atoms with Crippen molar-refractivity contribution in [2.24, 2.45) is 0 Å². The largest absolute Gasteiger partial charge is 0.508 e. The highest BCUT2D eigenvalue weighted by atomic mass is 32.1. The summed E-state index contributed by atoms with van der Waals surface area (Å²) in [5, 5.41) is 12.7. The van der Waals surface area contributed by atoms with Gasteiger partial charge in [0.1, 0.15) is 5.75 Å². The molecule has 0 bridgehead atoms. The van der Waals surface area contributed by atoms with E-state index in [-0.39, 0.29) is 0 Å². The average molecular weight is 261 g/mol. The van der Waals surface area contributed by atoms with Crippen molar-refractivity contribution >= 4 is 11.3 Å². The van der Waals surface area contributed by atoms with Crippen molar-refractivity contribution in [1.82, 2.24) is 5.32 Å². The van der Waals surface area contributed by atoms with Crippen LogP contribution in [0.4, 0.5) is 0 Å². The second-order valence-electron chi connectivity index (χ2n) is 4.43. The third-order valence-electron chi connectivity index (χ3n) is 3.01. The van der Waals surface area contributed by atoms with Crippen molar-refractivity contribution in [1.29, 1.82) is 0 Å². The molecule has 2 aromatic rings. The van der Waals surface area contributed by atoms with Crippen molar-refractivity contribution < 1.29 is 5.11 Å². The van der Waals surface area contributed by atoms with Crippen molar-refractivity contribution in [3.05, 3.63) is 51.7 Å². The zero-order chi connectivity index (χ0) is 13.0. The summed E-state index contributed by atoms with van der Waals surface area (Å²) in [6, 6.07) is 12.1. The highest BCUT2D eigenvalue weighted by molar-refractivity contribution is 7.12. The molecule has 0 saturated carbocycles. The van der Waals surface area contributed by atoms with Gasteiger partial charge in [0, 0.05) is 22.3 Å². The molecule has 0 aliphatic heterocycles. The maximum atomic E-state index is 9.22. The van der Waals surface area contributed by atoms with Crippen LogP contribution in [0.25, 0.3) is 0 Å². The van der Waals surface area contributed by atoms with E-state index in [1.807, 2.05) is 23.5 Å². The van der Waals surface area contributed by atoms with Crippen LogP contribution < -0.4 is 5.32 Å². The van der Waals surface area contributed by atoms with E-state index in [1.165, 1.54) is 15.3 Å². The zero-order valence-corrected chi connectivity index (χ0v) is 11.6. The predicted molar refractivity (Wildman–Crippen MR) is 77.1 cm³/mol. The molecule has 0 aliphatic carbocycles. The molecule has 2 rings (SSSR count). The molecule has 96 valence electrons. The number of aryl methyl sites for hydroxylation is 1. The standard InChI is InChI=1S/C15H19NOS/c1-3-14-8-9-15(18-14)11(2)16-10-12-4-6-13(17)7-5-12/h4-9,11,16-17H,3,10H2,1-2H3. The van der Waals surface area contributed by atoms with E-state index >= 15 is 0 Å². The van der Waals surface area contributed by atoms with Crippen LogP contribution in [0.15, 0.2) is 36.4 Å². The van der Waals surface area contributed by atoms with Crippen LogP contribution in [-0.4, -0.2) is 5.11 Å². The number of rotatable bonds is 5. The molecular formula is C15H19NOS. The number of hydrogen-bond donors (Lipinski definition) is 2. The number of benzene rings is 1. The van der Waals surface area contributed by atoms with Gasteiger partial charge < -0.3 is 10.4 Å². The first-order valence-corrected chi connectivity index (χ1v) is 7.10. The quantitative estimate of drug-likeness (QED) is 0.856. The molecule has 1 aromatic heterocycles. The van der Waals surface area contributed by atoms with Crippen molar-refractivity contribution in [3.63, 3.8) is 0 Å². The van der Waals surface area contributed by atoms with E-state index in [9.17, 15) is 5.11 Å². The zero-order valence-electron chi connectivity index (χ0n) is 10.8.